The molecule has 3 nitrogen and oxygen atoms in total. The summed E-state index contributed by atoms with van der Waals surface area (Å²) in [6.07, 6.45) is 0. The van der Waals surface area contributed by atoms with Gasteiger partial charge in [0.1, 0.15) is 0 Å². The van der Waals surface area contributed by atoms with Crippen molar-refractivity contribution in [3.63, 3.8) is 0 Å². The fraction of sp³-hybridized carbons (Fsp3) is 0.214. The zero-order valence-corrected chi connectivity index (χ0v) is 13.2. The van der Waals surface area contributed by atoms with Crippen LogP contribution >= 0.6 is 27.3 Å². The first-order valence-corrected chi connectivity index (χ1v) is 7.57. The first-order chi connectivity index (χ1) is 9.04. The highest BCUT2D eigenvalue weighted by Gasteiger charge is 2.20. The number of nitrogen functional groups attached to an aromatic ring is 1. The van der Waals surface area contributed by atoms with Crippen molar-refractivity contribution in [1.82, 2.24) is 0 Å². The first-order valence-electron chi connectivity index (χ1n) is 5.97. The van der Waals surface area contributed by atoms with E-state index in [0.717, 1.165) is 19.9 Å². The highest BCUT2D eigenvalue weighted by Crippen LogP contribution is 2.30. The number of halogens is 1. The van der Waals surface area contributed by atoms with Crippen LogP contribution in [0.4, 0.5) is 11.4 Å². The molecule has 0 saturated heterocycles. The van der Waals surface area contributed by atoms with Crippen LogP contribution in [0.15, 0.2) is 34.1 Å². The Hall–Kier alpha value is -1.33. The van der Waals surface area contributed by atoms with Gasteiger partial charge in [-0.2, -0.15) is 0 Å². The molecule has 2 aromatic rings. The van der Waals surface area contributed by atoms with Crippen molar-refractivity contribution in [2.45, 2.75) is 13.8 Å². The van der Waals surface area contributed by atoms with Gasteiger partial charge in [-0.25, -0.2) is 0 Å². The number of carbonyl (C=O) groups excluding carboxylic acids is 1. The molecule has 0 aliphatic carbocycles. The SMILES string of the molecule is CCN(C(=O)c1cc(C)c(Br)s1)c1ccccc1N. The fourth-order valence-corrected chi connectivity index (χ4v) is 3.34. The van der Waals surface area contributed by atoms with Gasteiger partial charge in [-0.05, 0) is 53.5 Å². The van der Waals surface area contributed by atoms with Gasteiger partial charge in [0.2, 0.25) is 0 Å². The minimum atomic E-state index is -0.0146. The summed E-state index contributed by atoms with van der Waals surface area (Å²) in [4.78, 5) is 15.0. The largest absolute Gasteiger partial charge is 0.397 e. The predicted octanol–water partition coefficient (Wildman–Crippen LogP) is 4.07. The summed E-state index contributed by atoms with van der Waals surface area (Å²) >= 11 is 4.90. The van der Waals surface area contributed by atoms with E-state index in [1.165, 1.54) is 11.3 Å². The number of hydrogen-bond acceptors (Lipinski definition) is 3. The average molecular weight is 339 g/mol. The Balaban J connectivity index is 2.37. The molecule has 19 heavy (non-hydrogen) atoms. The molecule has 0 spiro atoms. The monoisotopic (exact) mass is 338 g/mol. The molecule has 0 atom stereocenters. The maximum Gasteiger partial charge on any atom is 0.268 e. The van der Waals surface area contributed by atoms with E-state index in [0.29, 0.717) is 12.2 Å². The van der Waals surface area contributed by atoms with E-state index in [-0.39, 0.29) is 5.91 Å². The van der Waals surface area contributed by atoms with E-state index < -0.39 is 0 Å². The first kappa shape index (κ1) is 14.1. The number of anilines is 2. The molecule has 100 valence electrons. The third kappa shape index (κ3) is 2.82. The Kier molecular flexibility index (Phi) is 4.27. The van der Waals surface area contributed by atoms with Crippen LogP contribution in [0.1, 0.15) is 22.2 Å². The number of para-hydroxylation sites is 2. The molecular weight excluding hydrogens is 324 g/mol. The van der Waals surface area contributed by atoms with Crippen LogP contribution in [0.2, 0.25) is 0 Å². The molecule has 1 aromatic carbocycles. The van der Waals surface area contributed by atoms with Crippen molar-refractivity contribution < 1.29 is 4.79 Å². The smallest absolute Gasteiger partial charge is 0.268 e. The lowest BCUT2D eigenvalue weighted by molar-refractivity contribution is 0.0992. The van der Waals surface area contributed by atoms with Gasteiger partial charge in [0.25, 0.3) is 5.91 Å². The summed E-state index contributed by atoms with van der Waals surface area (Å²) in [6.45, 7) is 4.51. The van der Waals surface area contributed by atoms with Crippen molar-refractivity contribution >= 4 is 44.5 Å². The van der Waals surface area contributed by atoms with Crippen LogP contribution in [0, 0.1) is 6.92 Å². The zero-order valence-electron chi connectivity index (χ0n) is 10.8. The second kappa shape index (κ2) is 5.75. The van der Waals surface area contributed by atoms with E-state index in [1.807, 2.05) is 38.1 Å². The molecule has 0 unspecified atom stereocenters. The Labute approximate surface area is 125 Å². The Morgan fingerprint density at radius 2 is 2.11 bits per heavy atom. The third-order valence-electron chi connectivity index (χ3n) is 2.86. The molecule has 0 fully saturated rings. The van der Waals surface area contributed by atoms with E-state index in [1.54, 1.807) is 11.0 Å². The van der Waals surface area contributed by atoms with Crippen LogP contribution in [0.5, 0.6) is 0 Å². The molecule has 2 rings (SSSR count). The lowest BCUT2D eigenvalue weighted by Gasteiger charge is -2.21. The third-order valence-corrected chi connectivity index (χ3v) is 4.98. The Morgan fingerprint density at radius 1 is 1.42 bits per heavy atom. The number of thiophene rings is 1. The molecule has 0 saturated carbocycles. The summed E-state index contributed by atoms with van der Waals surface area (Å²) in [5.41, 5.74) is 8.40. The van der Waals surface area contributed by atoms with Crippen molar-refractivity contribution in [3.8, 4) is 0 Å². The molecule has 1 heterocycles. The van der Waals surface area contributed by atoms with Gasteiger partial charge in [0, 0.05) is 6.54 Å². The highest BCUT2D eigenvalue weighted by molar-refractivity contribution is 9.11. The maximum absolute atomic E-state index is 12.6. The normalized spacial score (nSPS) is 10.5. The summed E-state index contributed by atoms with van der Waals surface area (Å²) < 4.78 is 0.993. The summed E-state index contributed by atoms with van der Waals surface area (Å²) in [7, 11) is 0. The lowest BCUT2D eigenvalue weighted by atomic mass is 10.2. The average Bonchev–Trinajstić information content (AvgIpc) is 2.73. The topological polar surface area (TPSA) is 46.3 Å². The maximum atomic E-state index is 12.6. The molecule has 0 aliphatic heterocycles. The van der Waals surface area contributed by atoms with E-state index in [9.17, 15) is 4.79 Å². The van der Waals surface area contributed by atoms with Crippen LogP contribution < -0.4 is 10.6 Å². The summed E-state index contributed by atoms with van der Waals surface area (Å²) in [6, 6.07) is 9.33. The predicted molar refractivity (Wildman–Crippen MR) is 85.0 cm³/mol. The minimum absolute atomic E-state index is 0.0146. The van der Waals surface area contributed by atoms with Crippen LogP contribution in [0.3, 0.4) is 0 Å². The zero-order chi connectivity index (χ0) is 14.0. The van der Waals surface area contributed by atoms with E-state index >= 15 is 0 Å². The quantitative estimate of drug-likeness (QED) is 0.857. The summed E-state index contributed by atoms with van der Waals surface area (Å²) in [5, 5.41) is 0. The van der Waals surface area contributed by atoms with Crippen LogP contribution in [-0.2, 0) is 0 Å². The van der Waals surface area contributed by atoms with Crippen molar-refractivity contribution in [2.75, 3.05) is 17.2 Å². The van der Waals surface area contributed by atoms with Gasteiger partial charge >= 0.3 is 0 Å². The number of carbonyl (C=O) groups is 1. The molecule has 0 bridgehead atoms. The molecule has 0 aliphatic rings. The molecule has 0 radical (unpaired) electrons. The molecule has 1 amide bonds. The summed E-state index contributed by atoms with van der Waals surface area (Å²) in [5.74, 6) is -0.0146. The lowest BCUT2D eigenvalue weighted by Crippen LogP contribution is -2.30. The van der Waals surface area contributed by atoms with Crippen molar-refractivity contribution in [2.24, 2.45) is 0 Å². The van der Waals surface area contributed by atoms with E-state index in [4.69, 9.17) is 5.73 Å². The number of nitrogens with two attached hydrogens (primary N) is 1. The van der Waals surface area contributed by atoms with Gasteiger partial charge in [-0.1, -0.05) is 12.1 Å². The number of amides is 1. The second-order valence-electron chi connectivity index (χ2n) is 4.18. The van der Waals surface area contributed by atoms with Crippen molar-refractivity contribution in [3.05, 3.63) is 44.6 Å². The number of nitrogens with zero attached hydrogens (tertiary/aromatic N) is 1. The Bertz CT molecular complexity index is 590. The number of hydrogen-bond donors (Lipinski definition) is 1. The molecule has 1 aromatic heterocycles. The van der Waals surface area contributed by atoms with Crippen molar-refractivity contribution in [1.29, 1.82) is 0 Å². The van der Waals surface area contributed by atoms with Gasteiger partial charge < -0.3 is 10.6 Å². The number of aryl methyl sites for hydroxylation is 1. The van der Waals surface area contributed by atoms with Gasteiger partial charge in [-0.15, -0.1) is 11.3 Å². The van der Waals surface area contributed by atoms with Crippen LogP contribution in [0.25, 0.3) is 0 Å². The van der Waals surface area contributed by atoms with Gasteiger partial charge in [0.15, 0.2) is 0 Å². The standard InChI is InChI=1S/C14H15BrN2OS/c1-3-17(11-7-5-4-6-10(11)16)14(18)12-8-9(2)13(15)19-12/h4-8H,3,16H2,1-2H3. The van der Waals surface area contributed by atoms with Gasteiger partial charge in [-0.3, -0.25) is 4.79 Å². The molecule has 2 N–H and O–H groups in total. The molecular formula is C14H15BrN2OS. The van der Waals surface area contributed by atoms with E-state index in [2.05, 4.69) is 15.9 Å². The number of benzene rings is 1. The molecule has 5 heteroatoms. The second-order valence-corrected chi connectivity index (χ2v) is 6.55. The Morgan fingerprint density at radius 3 is 2.63 bits per heavy atom. The van der Waals surface area contributed by atoms with Crippen LogP contribution in [-0.4, -0.2) is 12.5 Å². The highest BCUT2D eigenvalue weighted by atomic mass is 79.9. The fourth-order valence-electron chi connectivity index (χ4n) is 1.85. The van der Waals surface area contributed by atoms with Gasteiger partial charge in [0.05, 0.1) is 20.0 Å². The minimum Gasteiger partial charge on any atom is -0.397 e. The number of rotatable bonds is 3.